The van der Waals surface area contributed by atoms with Gasteiger partial charge in [-0.05, 0) is 42.8 Å². The van der Waals surface area contributed by atoms with Crippen LogP contribution in [0.5, 0.6) is 5.75 Å². The summed E-state index contributed by atoms with van der Waals surface area (Å²) in [5.41, 5.74) is 7.14. The molecule has 162 valence electrons. The van der Waals surface area contributed by atoms with E-state index in [1.807, 2.05) is 86.6 Å². The van der Waals surface area contributed by atoms with E-state index in [9.17, 15) is 9.59 Å². The van der Waals surface area contributed by atoms with Crippen LogP contribution in [0.15, 0.2) is 78.4 Å². The van der Waals surface area contributed by atoms with Crippen LogP contribution in [-0.4, -0.2) is 25.9 Å². The maximum Gasteiger partial charge on any atom is 0.282 e. The maximum absolute atomic E-state index is 12.9. The molecule has 0 saturated carbocycles. The molecule has 1 heterocycles. The SMILES string of the molecule is Cc1ccc(COc2cc(N(C)C)ccc2/C=C2/C(=O)NN(c3ccccc3)C2=O)cc1. The lowest BCUT2D eigenvalue weighted by molar-refractivity contribution is -0.117. The molecule has 1 saturated heterocycles. The van der Waals surface area contributed by atoms with Crippen molar-refractivity contribution in [2.45, 2.75) is 13.5 Å². The second kappa shape index (κ2) is 8.98. The summed E-state index contributed by atoms with van der Waals surface area (Å²) in [4.78, 5) is 27.5. The van der Waals surface area contributed by atoms with Gasteiger partial charge in [-0.15, -0.1) is 0 Å². The lowest BCUT2D eigenvalue weighted by atomic mass is 10.1. The molecule has 1 aliphatic heterocycles. The van der Waals surface area contributed by atoms with Gasteiger partial charge in [-0.25, -0.2) is 5.01 Å². The zero-order chi connectivity index (χ0) is 22.7. The minimum absolute atomic E-state index is 0.0617. The number of hydrogen-bond acceptors (Lipinski definition) is 4. The largest absolute Gasteiger partial charge is 0.488 e. The smallest absolute Gasteiger partial charge is 0.282 e. The number of para-hydroxylation sites is 1. The Morgan fingerprint density at radius 3 is 2.38 bits per heavy atom. The van der Waals surface area contributed by atoms with Crippen LogP contribution in [0.25, 0.3) is 6.08 Å². The molecule has 6 nitrogen and oxygen atoms in total. The number of carbonyl (C=O) groups is 2. The lowest BCUT2D eigenvalue weighted by Gasteiger charge is -2.16. The first-order chi connectivity index (χ1) is 15.4. The van der Waals surface area contributed by atoms with E-state index >= 15 is 0 Å². The van der Waals surface area contributed by atoms with Gasteiger partial charge in [0.15, 0.2) is 0 Å². The first-order valence-corrected chi connectivity index (χ1v) is 10.3. The summed E-state index contributed by atoms with van der Waals surface area (Å²) in [6.07, 6.45) is 1.59. The first kappa shape index (κ1) is 21.2. The minimum atomic E-state index is -0.444. The third-order valence-electron chi connectivity index (χ3n) is 5.23. The van der Waals surface area contributed by atoms with Crippen LogP contribution in [0.4, 0.5) is 11.4 Å². The number of hydrazine groups is 1. The van der Waals surface area contributed by atoms with Crippen molar-refractivity contribution in [3.63, 3.8) is 0 Å². The molecule has 6 heteroatoms. The Hall–Kier alpha value is -4.06. The van der Waals surface area contributed by atoms with Crippen molar-refractivity contribution in [1.82, 2.24) is 5.43 Å². The molecule has 32 heavy (non-hydrogen) atoms. The summed E-state index contributed by atoms with van der Waals surface area (Å²) in [5.74, 6) is -0.245. The van der Waals surface area contributed by atoms with E-state index in [1.54, 1.807) is 18.2 Å². The quantitative estimate of drug-likeness (QED) is 0.475. The summed E-state index contributed by atoms with van der Waals surface area (Å²) in [6.45, 7) is 2.42. The number of nitrogens with zero attached hydrogens (tertiary/aromatic N) is 2. The van der Waals surface area contributed by atoms with Crippen LogP contribution in [0.2, 0.25) is 0 Å². The highest BCUT2D eigenvalue weighted by atomic mass is 16.5. The fourth-order valence-electron chi connectivity index (χ4n) is 3.36. The van der Waals surface area contributed by atoms with Crippen LogP contribution >= 0.6 is 0 Å². The van der Waals surface area contributed by atoms with Crippen LogP contribution in [0.1, 0.15) is 16.7 Å². The third-order valence-corrected chi connectivity index (χ3v) is 5.23. The molecular weight excluding hydrogens is 402 g/mol. The fraction of sp³-hybridized carbons (Fsp3) is 0.154. The van der Waals surface area contributed by atoms with Gasteiger partial charge in [-0.2, -0.15) is 0 Å². The molecule has 1 N–H and O–H groups in total. The highest BCUT2D eigenvalue weighted by molar-refractivity contribution is 6.31. The molecule has 1 aliphatic rings. The van der Waals surface area contributed by atoms with E-state index < -0.39 is 11.8 Å². The zero-order valence-corrected chi connectivity index (χ0v) is 18.3. The van der Waals surface area contributed by atoms with E-state index in [0.717, 1.165) is 11.3 Å². The Morgan fingerprint density at radius 1 is 0.969 bits per heavy atom. The Labute approximate surface area is 187 Å². The average Bonchev–Trinajstić information content (AvgIpc) is 3.08. The predicted octanol–water partition coefficient (Wildman–Crippen LogP) is 4.10. The molecule has 0 spiro atoms. The van der Waals surface area contributed by atoms with Gasteiger partial charge in [0.25, 0.3) is 11.8 Å². The normalized spacial score (nSPS) is 14.6. The summed E-state index contributed by atoms with van der Waals surface area (Å²) >= 11 is 0. The van der Waals surface area contributed by atoms with Gasteiger partial charge >= 0.3 is 0 Å². The van der Waals surface area contributed by atoms with Gasteiger partial charge < -0.3 is 9.64 Å². The number of amides is 2. The third kappa shape index (κ3) is 4.49. The lowest BCUT2D eigenvalue weighted by Crippen LogP contribution is -2.35. The van der Waals surface area contributed by atoms with Gasteiger partial charge in [-0.1, -0.05) is 48.0 Å². The molecule has 4 rings (SSSR count). The van der Waals surface area contributed by atoms with Crippen molar-refractivity contribution in [1.29, 1.82) is 0 Å². The van der Waals surface area contributed by atoms with E-state index in [0.29, 0.717) is 23.6 Å². The van der Waals surface area contributed by atoms with Crippen molar-refractivity contribution in [2.75, 3.05) is 24.0 Å². The fourth-order valence-corrected chi connectivity index (χ4v) is 3.36. The van der Waals surface area contributed by atoms with Crippen LogP contribution in [-0.2, 0) is 16.2 Å². The molecular formula is C26H25N3O3. The van der Waals surface area contributed by atoms with Gasteiger partial charge in [0.1, 0.15) is 17.9 Å². The van der Waals surface area contributed by atoms with E-state index in [2.05, 4.69) is 5.43 Å². The Kier molecular flexibility index (Phi) is 5.94. The van der Waals surface area contributed by atoms with Crippen molar-refractivity contribution >= 4 is 29.3 Å². The zero-order valence-electron chi connectivity index (χ0n) is 18.3. The molecule has 0 atom stereocenters. The maximum atomic E-state index is 12.9. The van der Waals surface area contributed by atoms with E-state index in [4.69, 9.17) is 4.74 Å². The molecule has 0 bridgehead atoms. The predicted molar refractivity (Wildman–Crippen MR) is 126 cm³/mol. The van der Waals surface area contributed by atoms with Gasteiger partial charge in [0.2, 0.25) is 0 Å². The molecule has 0 unspecified atom stereocenters. The number of anilines is 2. The van der Waals surface area contributed by atoms with Crippen LogP contribution in [0.3, 0.4) is 0 Å². The summed E-state index contributed by atoms with van der Waals surface area (Å²) in [5, 5.41) is 1.26. The topological polar surface area (TPSA) is 61.9 Å². The summed E-state index contributed by atoms with van der Waals surface area (Å²) in [7, 11) is 3.89. The molecule has 2 amide bonds. The molecule has 3 aromatic rings. The molecule has 0 aliphatic carbocycles. The van der Waals surface area contributed by atoms with Crippen molar-refractivity contribution in [3.8, 4) is 5.75 Å². The van der Waals surface area contributed by atoms with Crippen LogP contribution < -0.4 is 20.1 Å². The first-order valence-electron chi connectivity index (χ1n) is 10.3. The van der Waals surface area contributed by atoms with Crippen molar-refractivity contribution in [2.24, 2.45) is 0 Å². The van der Waals surface area contributed by atoms with Crippen molar-refractivity contribution in [3.05, 3.63) is 95.1 Å². The summed E-state index contributed by atoms with van der Waals surface area (Å²) < 4.78 is 6.12. The molecule has 3 aromatic carbocycles. The number of benzene rings is 3. The highest BCUT2D eigenvalue weighted by Crippen LogP contribution is 2.29. The average molecular weight is 428 g/mol. The van der Waals surface area contributed by atoms with E-state index in [1.165, 1.54) is 10.6 Å². The Bertz CT molecular complexity index is 1170. The Balaban J connectivity index is 1.64. The van der Waals surface area contributed by atoms with Gasteiger partial charge in [0, 0.05) is 31.4 Å². The number of aryl methyl sites for hydroxylation is 1. The van der Waals surface area contributed by atoms with Crippen LogP contribution in [0, 0.1) is 6.92 Å². The van der Waals surface area contributed by atoms with Crippen molar-refractivity contribution < 1.29 is 14.3 Å². The molecule has 1 fully saturated rings. The second-order valence-electron chi connectivity index (χ2n) is 7.87. The van der Waals surface area contributed by atoms with Gasteiger partial charge in [-0.3, -0.25) is 15.0 Å². The second-order valence-corrected chi connectivity index (χ2v) is 7.87. The standard InChI is InChI=1S/C26H25N3O3/c1-18-9-11-19(12-10-18)17-32-24-16-22(28(2)3)14-13-20(24)15-23-25(30)27-29(26(23)31)21-7-5-4-6-8-21/h4-16H,17H2,1-3H3,(H,27,30)/b23-15-. The number of nitrogens with one attached hydrogen (secondary N) is 1. The number of rotatable bonds is 6. The van der Waals surface area contributed by atoms with E-state index in [-0.39, 0.29) is 5.57 Å². The summed E-state index contributed by atoms with van der Waals surface area (Å²) in [6, 6.07) is 22.8. The highest BCUT2D eigenvalue weighted by Gasteiger charge is 2.34. The minimum Gasteiger partial charge on any atom is -0.488 e. The monoisotopic (exact) mass is 427 g/mol. The molecule has 0 aromatic heterocycles. The number of carbonyl (C=O) groups excluding carboxylic acids is 2. The number of ether oxygens (including phenoxy) is 1. The van der Waals surface area contributed by atoms with Gasteiger partial charge in [0.05, 0.1) is 5.69 Å². The number of hydrogen-bond donors (Lipinski definition) is 1. The molecule has 0 radical (unpaired) electrons. The Morgan fingerprint density at radius 2 is 1.69 bits per heavy atom.